The molecule has 0 aromatic rings. The molecule has 8 heteroatoms. The van der Waals surface area contributed by atoms with E-state index < -0.39 is 12.2 Å². The summed E-state index contributed by atoms with van der Waals surface area (Å²) in [6.07, 6.45) is 2.02. The molecule has 1 aliphatic heterocycles. The molecule has 2 aliphatic rings. The monoisotopic (exact) mass is 284 g/mol. The number of methoxy groups -OCH3 is 3. The number of esters is 1. The highest BCUT2D eigenvalue weighted by Gasteiger charge is 2.59. The van der Waals surface area contributed by atoms with Gasteiger partial charge in [-0.05, 0) is 0 Å². The van der Waals surface area contributed by atoms with Crippen molar-refractivity contribution in [3.05, 3.63) is 12.3 Å². The highest BCUT2D eigenvalue weighted by molar-refractivity contribution is 5.77. The molecule has 0 unspecified atom stereocenters. The topological polar surface area (TPSA) is 85.4 Å². The molecule has 1 saturated carbocycles. The normalized spacial score (nSPS) is 26.6. The summed E-state index contributed by atoms with van der Waals surface area (Å²) in [6.45, 7) is 0. The average molecular weight is 284 g/mol. The summed E-state index contributed by atoms with van der Waals surface area (Å²) in [4.78, 5) is 34.8. The Morgan fingerprint density at radius 1 is 1.05 bits per heavy atom. The summed E-state index contributed by atoms with van der Waals surface area (Å²) < 4.78 is 13.9. The van der Waals surface area contributed by atoms with Crippen LogP contribution in [0.5, 0.6) is 0 Å². The van der Waals surface area contributed by atoms with E-state index in [2.05, 4.69) is 14.2 Å². The lowest BCUT2D eigenvalue weighted by molar-refractivity contribution is -0.141. The number of ether oxygens (including phenoxy) is 3. The Labute approximate surface area is 115 Å². The molecule has 2 rings (SSSR count). The number of amides is 2. The minimum absolute atomic E-state index is 0.00843. The fourth-order valence-electron chi connectivity index (χ4n) is 2.46. The van der Waals surface area contributed by atoms with Crippen LogP contribution in [0.3, 0.4) is 0 Å². The molecular weight excluding hydrogens is 268 g/mol. The number of rotatable bonds is 2. The van der Waals surface area contributed by atoms with E-state index in [1.807, 2.05) is 0 Å². The second kappa shape index (κ2) is 5.40. The Balaban J connectivity index is 2.17. The lowest BCUT2D eigenvalue weighted by Crippen LogP contribution is -2.50. The van der Waals surface area contributed by atoms with Gasteiger partial charge in [-0.15, -0.1) is 0 Å². The Bertz CT molecular complexity index is 463. The van der Waals surface area contributed by atoms with E-state index >= 15 is 0 Å². The van der Waals surface area contributed by atoms with Crippen molar-refractivity contribution in [3.63, 3.8) is 0 Å². The maximum absolute atomic E-state index is 11.8. The fourth-order valence-corrected chi connectivity index (χ4v) is 2.46. The van der Waals surface area contributed by atoms with Gasteiger partial charge in [-0.1, -0.05) is 6.08 Å². The number of fused-ring (bicyclic) bond motifs is 1. The van der Waals surface area contributed by atoms with Gasteiger partial charge in [0, 0.05) is 18.0 Å². The average Bonchev–Trinajstić information content (AvgIpc) is 3.17. The predicted octanol–water partition coefficient (Wildman–Crippen LogP) is 0.743. The largest absolute Gasteiger partial charge is 0.469 e. The molecule has 1 heterocycles. The van der Waals surface area contributed by atoms with Crippen LogP contribution in [-0.4, -0.2) is 55.5 Å². The van der Waals surface area contributed by atoms with Crippen LogP contribution in [0.2, 0.25) is 0 Å². The lowest BCUT2D eigenvalue weighted by atomic mass is 10.2. The van der Waals surface area contributed by atoms with E-state index in [4.69, 9.17) is 0 Å². The number of carbonyl (C=O) groups excluding carboxylic acids is 3. The maximum atomic E-state index is 11.8. The number of carbonyl (C=O) groups is 3. The molecular formula is C12H16N2O6. The zero-order valence-electron chi connectivity index (χ0n) is 11.4. The highest BCUT2D eigenvalue weighted by Crippen LogP contribution is 2.50. The quantitative estimate of drug-likeness (QED) is 0.549. The smallest absolute Gasteiger partial charge is 0.432 e. The molecule has 0 N–H and O–H groups in total. The van der Waals surface area contributed by atoms with Crippen LogP contribution in [-0.2, 0) is 19.0 Å². The van der Waals surface area contributed by atoms with Crippen LogP contribution in [0, 0.1) is 11.8 Å². The van der Waals surface area contributed by atoms with E-state index in [1.54, 1.807) is 6.08 Å². The zero-order chi connectivity index (χ0) is 14.9. The van der Waals surface area contributed by atoms with Gasteiger partial charge in [0.1, 0.15) is 0 Å². The van der Waals surface area contributed by atoms with Gasteiger partial charge in [-0.25, -0.2) is 14.6 Å². The first-order valence-electron chi connectivity index (χ1n) is 6.04. The Morgan fingerprint density at radius 3 is 2.25 bits per heavy atom. The summed E-state index contributed by atoms with van der Waals surface area (Å²) >= 11 is 0. The van der Waals surface area contributed by atoms with Crippen molar-refractivity contribution in [1.82, 2.24) is 10.0 Å². The minimum atomic E-state index is -0.700. The van der Waals surface area contributed by atoms with Crippen molar-refractivity contribution in [2.24, 2.45) is 11.8 Å². The highest BCUT2D eigenvalue weighted by atomic mass is 16.6. The number of hydrogen-bond acceptors (Lipinski definition) is 6. The Hall–Kier alpha value is -2.25. The van der Waals surface area contributed by atoms with Gasteiger partial charge in [0.2, 0.25) is 0 Å². The number of hydrazine groups is 1. The first kappa shape index (κ1) is 14.2. The standard InChI is InChI=1S/C12H16N2O6/c1-18-9(15)6-8-7-4-5-13(11(16)19-2)14(10(7)8)12(17)20-3/h4-5,7-8,10H,6H2,1-3H3/t7-,8-,10-/m0/s1. The van der Waals surface area contributed by atoms with Crippen molar-refractivity contribution in [2.75, 3.05) is 21.3 Å². The summed E-state index contributed by atoms with van der Waals surface area (Å²) in [6, 6.07) is -0.300. The van der Waals surface area contributed by atoms with Crippen molar-refractivity contribution in [1.29, 1.82) is 0 Å². The van der Waals surface area contributed by atoms with Crippen molar-refractivity contribution in [3.8, 4) is 0 Å². The molecule has 0 spiro atoms. The first-order valence-corrected chi connectivity index (χ1v) is 6.04. The molecule has 1 aliphatic carbocycles. The van der Waals surface area contributed by atoms with Gasteiger partial charge < -0.3 is 14.2 Å². The second-order valence-electron chi connectivity index (χ2n) is 4.48. The summed E-state index contributed by atoms with van der Waals surface area (Å²) in [5.41, 5.74) is 0. The van der Waals surface area contributed by atoms with Gasteiger partial charge in [0.15, 0.2) is 0 Å². The lowest BCUT2D eigenvalue weighted by Gasteiger charge is -2.32. The third-order valence-electron chi connectivity index (χ3n) is 3.50. The first-order chi connectivity index (χ1) is 9.54. The molecule has 2 amide bonds. The van der Waals surface area contributed by atoms with Gasteiger partial charge in [-0.2, -0.15) is 5.01 Å². The van der Waals surface area contributed by atoms with Crippen LogP contribution < -0.4 is 0 Å². The van der Waals surface area contributed by atoms with Crippen LogP contribution in [0.1, 0.15) is 6.42 Å². The molecule has 20 heavy (non-hydrogen) atoms. The minimum Gasteiger partial charge on any atom is -0.469 e. The molecule has 0 aromatic heterocycles. The third kappa shape index (κ3) is 2.28. The Kier molecular flexibility index (Phi) is 3.82. The van der Waals surface area contributed by atoms with Crippen LogP contribution in [0.4, 0.5) is 9.59 Å². The van der Waals surface area contributed by atoms with Crippen LogP contribution >= 0.6 is 0 Å². The molecule has 0 radical (unpaired) electrons. The SMILES string of the molecule is COC(=O)C[C@H]1[C@@H]2C=CN(C(=O)OC)N(C(=O)OC)[C@@H]21. The second-order valence-corrected chi connectivity index (χ2v) is 4.48. The van der Waals surface area contributed by atoms with Crippen molar-refractivity contribution >= 4 is 18.2 Å². The van der Waals surface area contributed by atoms with E-state index in [-0.39, 0.29) is 30.3 Å². The summed E-state index contributed by atoms with van der Waals surface area (Å²) in [5, 5.41) is 2.22. The molecule has 3 atom stereocenters. The third-order valence-corrected chi connectivity index (χ3v) is 3.50. The molecule has 0 saturated heterocycles. The van der Waals surface area contributed by atoms with Gasteiger partial charge >= 0.3 is 18.2 Å². The summed E-state index contributed by atoms with van der Waals surface area (Å²) in [5.74, 6) is -0.436. The van der Waals surface area contributed by atoms with Crippen LogP contribution in [0.15, 0.2) is 12.3 Å². The van der Waals surface area contributed by atoms with E-state index in [0.29, 0.717) is 0 Å². The van der Waals surface area contributed by atoms with Gasteiger partial charge in [0.25, 0.3) is 0 Å². The number of nitrogens with zero attached hydrogens (tertiary/aromatic N) is 2. The molecule has 110 valence electrons. The van der Waals surface area contributed by atoms with E-state index in [0.717, 1.165) is 5.01 Å². The Morgan fingerprint density at radius 2 is 1.70 bits per heavy atom. The molecule has 0 aromatic carbocycles. The maximum Gasteiger partial charge on any atom is 0.432 e. The van der Waals surface area contributed by atoms with E-state index in [9.17, 15) is 14.4 Å². The van der Waals surface area contributed by atoms with Gasteiger partial charge in [-0.3, -0.25) is 4.79 Å². The summed E-state index contributed by atoms with van der Waals surface area (Å²) in [7, 11) is 3.75. The zero-order valence-corrected chi connectivity index (χ0v) is 11.4. The predicted molar refractivity (Wildman–Crippen MR) is 65.0 cm³/mol. The van der Waals surface area contributed by atoms with Crippen LogP contribution in [0.25, 0.3) is 0 Å². The fraction of sp³-hybridized carbons (Fsp3) is 0.583. The molecule has 8 nitrogen and oxygen atoms in total. The van der Waals surface area contributed by atoms with E-state index in [1.165, 1.54) is 32.5 Å². The van der Waals surface area contributed by atoms with Crippen molar-refractivity contribution in [2.45, 2.75) is 12.5 Å². The number of hydrogen-bond donors (Lipinski definition) is 0. The molecule has 1 fully saturated rings. The molecule has 0 bridgehead atoms. The van der Waals surface area contributed by atoms with Gasteiger partial charge in [0.05, 0.1) is 33.8 Å². The van der Waals surface area contributed by atoms with Crippen molar-refractivity contribution < 1.29 is 28.6 Å².